The molecule has 11 heteroatoms. The van der Waals surface area contributed by atoms with E-state index < -0.39 is 5.91 Å². The molecule has 0 fully saturated rings. The number of unbranched alkanes of at least 4 members (excludes halogenated alkanes) is 1. The number of hydrogen-bond donors (Lipinski definition) is 5. The van der Waals surface area contributed by atoms with Crippen molar-refractivity contribution in [2.45, 2.75) is 51.5 Å². The van der Waals surface area contributed by atoms with Crippen LogP contribution in [0.25, 0.3) is 0 Å². The van der Waals surface area contributed by atoms with E-state index in [1.807, 2.05) is 0 Å². The largest absolute Gasteiger partial charge is 0.382 e. The van der Waals surface area contributed by atoms with Crippen LogP contribution in [0.1, 0.15) is 54.2 Å². The summed E-state index contributed by atoms with van der Waals surface area (Å²) in [4.78, 5) is 35.1. The minimum absolute atomic E-state index is 0.0320. The molecule has 1 atom stereocenters. The molecule has 0 bridgehead atoms. The number of nitrogens with zero attached hydrogens (tertiary/aromatic N) is 3. The Kier molecular flexibility index (Phi) is 10.0. The van der Waals surface area contributed by atoms with Gasteiger partial charge in [-0.25, -0.2) is 9.97 Å². The monoisotopic (exact) mass is 474 g/mol. The zero-order valence-corrected chi connectivity index (χ0v) is 19.4. The topological polar surface area (TPSA) is 188 Å². The molecule has 0 aliphatic rings. The number of nitrogen functional groups attached to an aromatic ring is 2. The van der Waals surface area contributed by atoms with Gasteiger partial charge in [0.25, 0.3) is 5.91 Å². The maximum absolute atomic E-state index is 12.2. The molecule has 0 radical (unpaired) electrons. The van der Waals surface area contributed by atoms with Gasteiger partial charge < -0.3 is 22.9 Å². The predicted molar refractivity (Wildman–Crippen MR) is 131 cm³/mol. The van der Waals surface area contributed by atoms with Crippen LogP contribution in [0.3, 0.4) is 0 Å². The summed E-state index contributed by atoms with van der Waals surface area (Å²) in [5, 5.41) is 2.29. The number of hydrogen-bond acceptors (Lipinski definition) is 8. The number of anilines is 2. The first-order valence-corrected chi connectivity index (χ1v) is 11.1. The number of nitrogens with one attached hydrogen (secondary N) is 1. The Balaban J connectivity index is 1.70. The minimum atomic E-state index is -0.661. The summed E-state index contributed by atoms with van der Waals surface area (Å²) in [7, 11) is 0. The van der Waals surface area contributed by atoms with Crippen LogP contribution >= 0.6 is 11.6 Å². The molecule has 0 unspecified atom stereocenters. The van der Waals surface area contributed by atoms with Gasteiger partial charge in [0.1, 0.15) is 5.78 Å². The fourth-order valence-electron chi connectivity index (χ4n) is 3.07. The van der Waals surface area contributed by atoms with Crippen molar-refractivity contribution in [3.8, 4) is 0 Å². The maximum atomic E-state index is 12.2. The van der Waals surface area contributed by atoms with Crippen LogP contribution in [-0.4, -0.2) is 40.2 Å². The molecule has 33 heavy (non-hydrogen) atoms. The standard InChI is InChI=1S/C22H31ClN8O2/c1-13(32)16(24)7-4-6-15-10-8-14(9-11-15)5-2-3-12-28-22(27)31-21(33)17-19(25)30-20(26)18(23)29-17/h8-11,16H,2-7,12,24H2,1H3,(H4,25,26,30)(H3,27,28,31,33)/t16-/m1/s1. The van der Waals surface area contributed by atoms with Crippen LogP contribution in [0.2, 0.25) is 5.15 Å². The molecule has 178 valence electrons. The Morgan fingerprint density at radius 2 is 1.64 bits per heavy atom. The molecule has 2 aromatic rings. The first kappa shape index (κ1) is 26.0. The third kappa shape index (κ3) is 8.66. The van der Waals surface area contributed by atoms with E-state index in [9.17, 15) is 9.59 Å². The number of amides is 1. The number of guanidine groups is 1. The van der Waals surface area contributed by atoms with E-state index in [2.05, 4.69) is 44.5 Å². The summed E-state index contributed by atoms with van der Waals surface area (Å²) in [5.74, 6) is -0.872. The maximum Gasteiger partial charge on any atom is 0.280 e. The lowest BCUT2D eigenvalue weighted by Crippen LogP contribution is -2.38. The highest BCUT2D eigenvalue weighted by molar-refractivity contribution is 6.31. The first-order valence-electron chi connectivity index (χ1n) is 10.7. The molecular formula is C22H31ClN8O2. The minimum Gasteiger partial charge on any atom is -0.382 e. The van der Waals surface area contributed by atoms with E-state index in [4.69, 9.17) is 34.5 Å². The van der Waals surface area contributed by atoms with Gasteiger partial charge in [-0.3, -0.25) is 19.9 Å². The molecule has 0 spiro atoms. The quantitative estimate of drug-likeness (QED) is 0.184. The number of Topliss-reactive ketones (excluding diaryl/α,β-unsaturated/α-hetero) is 1. The van der Waals surface area contributed by atoms with E-state index in [1.165, 1.54) is 18.1 Å². The molecule has 1 heterocycles. The van der Waals surface area contributed by atoms with Crippen LogP contribution in [0.15, 0.2) is 29.3 Å². The molecule has 0 saturated carbocycles. The first-order chi connectivity index (χ1) is 15.7. The smallest absolute Gasteiger partial charge is 0.280 e. The van der Waals surface area contributed by atoms with Crippen molar-refractivity contribution in [3.05, 3.63) is 46.2 Å². The lowest BCUT2D eigenvalue weighted by Gasteiger charge is -2.08. The van der Waals surface area contributed by atoms with Gasteiger partial charge in [0, 0.05) is 6.54 Å². The fourth-order valence-corrected chi connectivity index (χ4v) is 3.19. The molecule has 0 saturated heterocycles. The van der Waals surface area contributed by atoms with Crippen molar-refractivity contribution in [1.29, 1.82) is 0 Å². The molecule has 1 amide bonds. The molecule has 1 aromatic heterocycles. The highest BCUT2D eigenvalue weighted by atomic mass is 35.5. The van der Waals surface area contributed by atoms with Crippen LogP contribution in [0.4, 0.5) is 11.6 Å². The van der Waals surface area contributed by atoms with Crippen LogP contribution in [0, 0.1) is 0 Å². The second-order valence-electron chi connectivity index (χ2n) is 7.74. The predicted octanol–water partition coefficient (Wildman–Crippen LogP) is 1.60. The van der Waals surface area contributed by atoms with Crippen molar-refractivity contribution in [2.24, 2.45) is 16.5 Å². The van der Waals surface area contributed by atoms with Gasteiger partial charge in [0.15, 0.2) is 28.4 Å². The van der Waals surface area contributed by atoms with Crippen molar-refractivity contribution in [1.82, 2.24) is 15.3 Å². The van der Waals surface area contributed by atoms with Crippen molar-refractivity contribution >= 4 is 40.9 Å². The lowest BCUT2D eigenvalue weighted by atomic mass is 10.0. The third-order valence-corrected chi connectivity index (χ3v) is 5.32. The van der Waals surface area contributed by atoms with E-state index in [0.29, 0.717) is 13.0 Å². The van der Waals surface area contributed by atoms with Gasteiger partial charge in [-0.05, 0) is 56.6 Å². The second-order valence-corrected chi connectivity index (χ2v) is 8.10. The Morgan fingerprint density at radius 1 is 1.03 bits per heavy atom. The molecule has 10 nitrogen and oxygen atoms in total. The highest BCUT2D eigenvalue weighted by Crippen LogP contribution is 2.17. The lowest BCUT2D eigenvalue weighted by molar-refractivity contribution is -0.118. The zero-order valence-electron chi connectivity index (χ0n) is 18.7. The number of nitrogens with two attached hydrogens (primary N) is 4. The molecule has 0 aliphatic carbocycles. The third-order valence-electron chi connectivity index (χ3n) is 5.04. The van der Waals surface area contributed by atoms with Crippen molar-refractivity contribution in [2.75, 3.05) is 18.0 Å². The average Bonchev–Trinajstić information content (AvgIpc) is 2.76. The van der Waals surface area contributed by atoms with Gasteiger partial charge in [-0.1, -0.05) is 35.9 Å². The van der Waals surface area contributed by atoms with Crippen molar-refractivity contribution < 1.29 is 9.59 Å². The fraction of sp³-hybridized carbons (Fsp3) is 0.409. The summed E-state index contributed by atoms with van der Waals surface area (Å²) >= 11 is 5.78. The SMILES string of the molecule is CC(=O)[C@H](N)CCCc1ccc(CCCCN=C(N)NC(=O)c2nc(Cl)c(N)nc2N)cc1. The summed E-state index contributed by atoms with van der Waals surface area (Å²) in [5.41, 5.74) is 25.0. The summed E-state index contributed by atoms with van der Waals surface area (Å²) in [6.45, 7) is 1.99. The number of ketones is 1. The van der Waals surface area contributed by atoms with Crippen LogP contribution < -0.4 is 28.3 Å². The van der Waals surface area contributed by atoms with Crippen LogP contribution in [-0.2, 0) is 17.6 Å². The number of aryl methyl sites for hydroxylation is 2. The number of halogens is 1. The highest BCUT2D eigenvalue weighted by Gasteiger charge is 2.16. The normalized spacial score (nSPS) is 12.4. The molecule has 9 N–H and O–H groups in total. The Labute approximate surface area is 198 Å². The average molecular weight is 475 g/mol. The van der Waals surface area contributed by atoms with Gasteiger partial charge >= 0.3 is 0 Å². The van der Waals surface area contributed by atoms with Crippen LogP contribution in [0.5, 0.6) is 0 Å². The number of rotatable bonds is 11. The van der Waals surface area contributed by atoms with E-state index >= 15 is 0 Å². The Hall–Kier alpha value is -3.24. The number of carbonyl (C=O) groups excluding carboxylic acids is 2. The second kappa shape index (κ2) is 12.7. The van der Waals surface area contributed by atoms with E-state index in [0.717, 1.165) is 32.1 Å². The summed E-state index contributed by atoms with van der Waals surface area (Å²) in [6.07, 6.45) is 5.13. The summed E-state index contributed by atoms with van der Waals surface area (Å²) < 4.78 is 0. The zero-order chi connectivity index (χ0) is 24.4. The van der Waals surface area contributed by atoms with E-state index in [-0.39, 0.29) is 40.3 Å². The molecule has 2 rings (SSSR count). The van der Waals surface area contributed by atoms with Gasteiger partial charge in [-0.2, -0.15) is 0 Å². The Morgan fingerprint density at radius 3 is 2.24 bits per heavy atom. The number of aliphatic imine (C=N–C) groups is 1. The van der Waals surface area contributed by atoms with Gasteiger partial charge in [-0.15, -0.1) is 0 Å². The van der Waals surface area contributed by atoms with Crippen molar-refractivity contribution in [3.63, 3.8) is 0 Å². The van der Waals surface area contributed by atoms with Gasteiger partial charge in [0.05, 0.1) is 6.04 Å². The molecule has 0 aliphatic heterocycles. The summed E-state index contributed by atoms with van der Waals surface area (Å²) in [6, 6.07) is 8.08. The number of aromatic nitrogens is 2. The number of benzene rings is 1. The number of carbonyl (C=O) groups is 2. The van der Waals surface area contributed by atoms with E-state index in [1.54, 1.807) is 0 Å². The molecule has 1 aromatic carbocycles. The Bertz CT molecular complexity index is 995. The molecular weight excluding hydrogens is 444 g/mol. The van der Waals surface area contributed by atoms with Gasteiger partial charge in [0.2, 0.25) is 0 Å².